The number of hydrogen-bond acceptors (Lipinski definition) is 3. The summed E-state index contributed by atoms with van der Waals surface area (Å²) in [6.45, 7) is 4.66. The highest BCUT2D eigenvalue weighted by atomic mass is 32.2. The van der Waals surface area contributed by atoms with E-state index in [-0.39, 0.29) is 6.10 Å². The Hall–Kier alpha value is -0.710. The average Bonchev–Trinajstić information content (AvgIpc) is 2.86. The molecule has 3 unspecified atom stereocenters. The van der Waals surface area contributed by atoms with E-state index in [1.165, 1.54) is 0 Å². The lowest BCUT2D eigenvalue weighted by molar-refractivity contribution is 0.128. The Balaban J connectivity index is 1.78. The number of aliphatic hydroxyl groups excluding tert-OH is 1. The van der Waals surface area contributed by atoms with Crippen LogP contribution >= 0.6 is 0 Å². The third-order valence-electron chi connectivity index (χ3n) is 3.59. The first kappa shape index (κ1) is 13.7. The molecule has 1 aliphatic heterocycles. The van der Waals surface area contributed by atoms with Gasteiger partial charge in [0.2, 0.25) is 0 Å². The normalized spacial score (nSPS) is 24.0. The summed E-state index contributed by atoms with van der Waals surface area (Å²) in [6.07, 6.45) is 0.824. The molecule has 1 saturated heterocycles. The maximum absolute atomic E-state index is 12.1. The van der Waals surface area contributed by atoms with Gasteiger partial charge in [0.15, 0.2) is 0 Å². The summed E-state index contributed by atoms with van der Waals surface area (Å²) >= 11 is 0. The summed E-state index contributed by atoms with van der Waals surface area (Å²) < 4.78 is 12.1. The fraction of sp³-hybridized carbons (Fsp3) is 0.571. The van der Waals surface area contributed by atoms with Crippen LogP contribution in [0.4, 0.5) is 0 Å². The lowest BCUT2D eigenvalue weighted by Gasteiger charge is -2.16. The first-order valence-corrected chi connectivity index (χ1v) is 7.82. The summed E-state index contributed by atoms with van der Waals surface area (Å²) in [5.74, 6) is 1.06. The van der Waals surface area contributed by atoms with Crippen molar-refractivity contribution in [2.24, 2.45) is 5.92 Å². The Kier molecular flexibility index (Phi) is 4.92. The summed E-state index contributed by atoms with van der Waals surface area (Å²) in [6, 6.07) is 9.62. The number of likely N-dealkylation sites (tertiary alicyclic amines) is 1. The molecule has 3 nitrogen and oxygen atoms in total. The molecule has 1 aliphatic rings. The van der Waals surface area contributed by atoms with Crippen LogP contribution in [0.1, 0.15) is 13.3 Å². The van der Waals surface area contributed by atoms with E-state index < -0.39 is 10.8 Å². The van der Waals surface area contributed by atoms with Crippen LogP contribution in [-0.2, 0) is 10.8 Å². The van der Waals surface area contributed by atoms with E-state index in [0.717, 1.165) is 31.0 Å². The molecule has 18 heavy (non-hydrogen) atoms. The Bertz CT molecular complexity index is 394. The van der Waals surface area contributed by atoms with Crippen LogP contribution < -0.4 is 0 Å². The van der Waals surface area contributed by atoms with Gasteiger partial charge in [-0.1, -0.05) is 18.2 Å². The zero-order chi connectivity index (χ0) is 13.0. The van der Waals surface area contributed by atoms with Gasteiger partial charge in [-0.3, -0.25) is 4.21 Å². The third-order valence-corrected chi connectivity index (χ3v) is 4.94. The minimum Gasteiger partial charge on any atom is -0.393 e. The van der Waals surface area contributed by atoms with Gasteiger partial charge >= 0.3 is 0 Å². The van der Waals surface area contributed by atoms with Crippen LogP contribution in [0.2, 0.25) is 0 Å². The van der Waals surface area contributed by atoms with Gasteiger partial charge in [-0.25, -0.2) is 0 Å². The lowest BCUT2D eigenvalue weighted by Crippen LogP contribution is -2.27. The van der Waals surface area contributed by atoms with Crippen molar-refractivity contribution in [2.45, 2.75) is 24.3 Å². The number of aliphatic hydroxyl groups is 1. The van der Waals surface area contributed by atoms with Crippen LogP contribution in [0.3, 0.4) is 0 Å². The Morgan fingerprint density at radius 2 is 2.17 bits per heavy atom. The van der Waals surface area contributed by atoms with Crippen molar-refractivity contribution in [1.29, 1.82) is 0 Å². The average molecular weight is 267 g/mol. The quantitative estimate of drug-likeness (QED) is 0.879. The number of hydrogen-bond donors (Lipinski definition) is 1. The lowest BCUT2D eigenvalue weighted by atomic mass is 10.0. The second kappa shape index (κ2) is 6.45. The van der Waals surface area contributed by atoms with Crippen LogP contribution in [0.15, 0.2) is 35.2 Å². The summed E-state index contributed by atoms with van der Waals surface area (Å²) in [7, 11) is -0.906. The molecule has 0 radical (unpaired) electrons. The minimum absolute atomic E-state index is 0.227. The molecular weight excluding hydrogens is 246 g/mol. The van der Waals surface area contributed by atoms with E-state index in [4.69, 9.17) is 0 Å². The fourth-order valence-electron chi connectivity index (χ4n) is 2.36. The molecule has 4 heteroatoms. The number of benzene rings is 1. The standard InChI is InChI=1S/C14H21NO2S/c1-12(16)13-7-8-15(11-13)9-10-18(17)14-5-3-2-4-6-14/h2-6,12-13,16H,7-11H2,1H3. The maximum atomic E-state index is 12.1. The molecule has 1 fully saturated rings. The fourth-order valence-corrected chi connectivity index (χ4v) is 3.48. The molecule has 0 aliphatic carbocycles. The third kappa shape index (κ3) is 3.64. The molecule has 1 heterocycles. The molecular formula is C14H21NO2S. The first-order valence-electron chi connectivity index (χ1n) is 6.50. The molecule has 1 N–H and O–H groups in total. The van der Waals surface area contributed by atoms with Gasteiger partial charge in [0.05, 0.1) is 16.9 Å². The van der Waals surface area contributed by atoms with Crippen molar-refractivity contribution in [2.75, 3.05) is 25.4 Å². The second-order valence-electron chi connectivity index (χ2n) is 4.95. The Morgan fingerprint density at radius 1 is 1.44 bits per heavy atom. The zero-order valence-electron chi connectivity index (χ0n) is 10.8. The highest BCUT2D eigenvalue weighted by molar-refractivity contribution is 7.85. The summed E-state index contributed by atoms with van der Waals surface area (Å²) in [5, 5.41) is 9.54. The van der Waals surface area contributed by atoms with Crippen molar-refractivity contribution >= 4 is 10.8 Å². The summed E-state index contributed by atoms with van der Waals surface area (Å²) in [5.41, 5.74) is 0. The van der Waals surface area contributed by atoms with Crippen molar-refractivity contribution in [3.63, 3.8) is 0 Å². The van der Waals surface area contributed by atoms with E-state index in [1.807, 2.05) is 37.3 Å². The molecule has 2 rings (SSSR count). The van der Waals surface area contributed by atoms with Gasteiger partial charge in [0.1, 0.15) is 0 Å². The Labute approximate surface area is 111 Å². The molecule has 0 bridgehead atoms. The number of rotatable bonds is 5. The Morgan fingerprint density at radius 3 is 2.78 bits per heavy atom. The molecule has 0 aromatic heterocycles. The molecule has 100 valence electrons. The van der Waals surface area contributed by atoms with Gasteiger partial charge in [-0.15, -0.1) is 0 Å². The topological polar surface area (TPSA) is 40.5 Å². The molecule has 3 atom stereocenters. The zero-order valence-corrected chi connectivity index (χ0v) is 11.6. The molecule has 0 amide bonds. The van der Waals surface area contributed by atoms with Gasteiger partial charge < -0.3 is 10.0 Å². The van der Waals surface area contributed by atoms with Crippen molar-refractivity contribution in [1.82, 2.24) is 4.90 Å². The molecule has 0 spiro atoms. The predicted octanol–water partition coefficient (Wildman–Crippen LogP) is 1.50. The van der Waals surface area contributed by atoms with E-state index >= 15 is 0 Å². The monoisotopic (exact) mass is 267 g/mol. The van der Waals surface area contributed by atoms with Crippen LogP contribution in [-0.4, -0.2) is 45.7 Å². The van der Waals surface area contributed by atoms with E-state index in [1.54, 1.807) is 0 Å². The van der Waals surface area contributed by atoms with E-state index in [0.29, 0.717) is 11.7 Å². The molecule has 1 aromatic carbocycles. The summed E-state index contributed by atoms with van der Waals surface area (Å²) in [4.78, 5) is 3.21. The maximum Gasteiger partial charge on any atom is 0.0552 e. The molecule has 0 saturated carbocycles. The van der Waals surface area contributed by atoms with E-state index in [2.05, 4.69) is 4.90 Å². The molecule has 1 aromatic rings. The smallest absolute Gasteiger partial charge is 0.0552 e. The number of nitrogens with zero attached hydrogens (tertiary/aromatic N) is 1. The minimum atomic E-state index is -0.906. The van der Waals surface area contributed by atoms with Crippen molar-refractivity contribution in [3.8, 4) is 0 Å². The van der Waals surface area contributed by atoms with Gasteiger partial charge in [-0.2, -0.15) is 0 Å². The van der Waals surface area contributed by atoms with E-state index in [9.17, 15) is 9.32 Å². The second-order valence-corrected chi connectivity index (χ2v) is 6.52. The van der Waals surface area contributed by atoms with Crippen molar-refractivity contribution < 1.29 is 9.32 Å². The van der Waals surface area contributed by atoms with Crippen molar-refractivity contribution in [3.05, 3.63) is 30.3 Å². The highest BCUT2D eigenvalue weighted by Crippen LogP contribution is 2.19. The van der Waals surface area contributed by atoms with Crippen LogP contribution in [0.25, 0.3) is 0 Å². The van der Waals surface area contributed by atoms with Gasteiger partial charge in [0, 0.05) is 23.7 Å². The predicted molar refractivity (Wildman–Crippen MR) is 73.9 cm³/mol. The SMILES string of the molecule is CC(O)C1CCN(CCS(=O)c2ccccc2)C1. The van der Waals surface area contributed by atoms with Crippen LogP contribution in [0, 0.1) is 5.92 Å². The van der Waals surface area contributed by atoms with Gasteiger partial charge in [0.25, 0.3) is 0 Å². The van der Waals surface area contributed by atoms with Gasteiger partial charge in [-0.05, 0) is 37.9 Å². The first-order chi connectivity index (χ1) is 8.66. The van der Waals surface area contributed by atoms with Crippen LogP contribution in [0.5, 0.6) is 0 Å². The largest absolute Gasteiger partial charge is 0.393 e. The highest BCUT2D eigenvalue weighted by Gasteiger charge is 2.25.